The summed E-state index contributed by atoms with van der Waals surface area (Å²) < 4.78 is 7.25. The van der Waals surface area contributed by atoms with Crippen LogP contribution >= 0.6 is 0 Å². The molecule has 1 aliphatic heterocycles. The Labute approximate surface area is 194 Å². The quantitative estimate of drug-likeness (QED) is 0.393. The number of aryl methyl sites for hydroxylation is 3. The van der Waals surface area contributed by atoms with E-state index in [2.05, 4.69) is 49.6 Å². The molecule has 1 amide bonds. The van der Waals surface area contributed by atoms with Crippen LogP contribution in [-0.4, -0.2) is 23.6 Å². The Morgan fingerprint density at radius 1 is 0.909 bits per heavy atom. The highest BCUT2D eigenvalue weighted by Crippen LogP contribution is 2.36. The Balaban J connectivity index is 1.88. The molecule has 5 heteroatoms. The van der Waals surface area contributed by atoms with Crippen LogP contribution in [0.25, 0.3) is 11.8 Å². The highest BCUT2D eigenvalue weighted by Gasteiger charge is 2.38. The maximum absolute atomic E-state index is 13.5. The van der Waals surface area contributed by atoms with Crippen LogP contribution in [0, 0.1) is 27.7 Å². The highest BCUT2D eigenvalue weighted by atomic mass is 16.5. The molecule has 168 valence electrons. The zero-order chi connectivity index (χ0) is 23.9. The number of aromatic nitrogens is 1. The third-order valence-electron chi connectivity index (χ3n) is 6.24. The summed E-state index contributed by atoms with van der Waals surface area (Å²) in [5.74, 6) is -0.759. The minimum Gasteiger partial charge on any atom is -0.465 e. The van der Waals surface area contributed by atoms with E-state index in [0.29, 0.717) is 22.5 Å². The number of carbonyl (C=O) groups is 2. The van der Waals surface area contributed by atoms with Gasteiger partial charge in [0.2, 0.25) is 0 Å². The number of methoxy groups -OCH3 is 1. The van der Waals surface area contributed by atoms with Gasteiger partial charge >= 0.3 is 5.97 Å². The molecule has 4 rings (SSSR count). The highest BCUT2D eigenvalue weighted by molar-refractivity contribution is 6.23. The molecule has 2 aromatic carbocycles. The molecular weight excluding hydrogens is 412 g/mol. The van der Waals surface area contributed by atoms with Gasteiger partial charge in [0, 0.05) is 22.8 Å². The van der Waals surface area contributed by atoms with Gasteiger partial charge in [0.1, 0.15) is 0 Å². The van der Waals surface area contributed by atoms with Gasteiger partial charge in [-0.25, -0.2) is 4.79 Å². The first-order valence-electron chi connectivity index (χ1n) is 10.9. The lowest BCUT2D eigenvalue weighted by atomic mass is 10.0. The van der Waals surface area contributed by atoms with Crippen LogP contribution in [-0.2, 0) is 14.3 Å². The van der Waals surface area contributed by atoms with E-state index in [1.165, 1.54) is 18.2 Å². The summed E-state index contributed by atoms with van der Waals surface area (Å²) in [7, 11) is 1.34. The van der Waals surface area contributed by atoms with Crippen LogP contribution < -0.4 is 4.90 Å². The van der Waals surface area contributed by atoms with Crippen LogP contribution in [0.15, 0.2) is 71.4 Å². The van der Waals surface area contributed by atoms with E-state index in [9.17, 15) is 9.59 Å². The molecule has 0 saturated heterocycles. The molecular formula is C28H28N2O3. The number of rotatable bonds is 4. The van der Waals surface area contributed by atoms with E-state index in [4.69, 9.17) is 4.74 Å². The second-order valence-electron chi connectivity index (χ2n) is 8.39. The zero-order valence-corrected chi connectivity index (χ0v) is 19.9. The number of allylic oxidation sites excluding steroid dienone is 1. The first-order valence-corrected chi connectivity index (χ1v) is 10.9. The summed E-state index contributed by atoms with van der Waals surface area (Å²) in [5, 5.41) is 0. The predicted octanol–water partition coefficient (Wildman–Crippen LogP) is 5.59. The van der Waals surface area contributed by atoms with Gasteiger partial charge in [0.05, 0.1) is 23.9 Å². The molecule has 3 aromatic rings. The van der Waals surface area contributed by atoms with Gasteiger partial charge < -0.3 is 9.30 Å². The van der Waals surface area contributed by atoms with Gasteiger partial charge in [0.25, 0.3) is 5.91 Å². The van der Waals surface area contributed by atoms with E-state index in [1.54, 1.807) is 11.8 Å². The lowest BCUT2D eigenvalue weighted by Crippen LogP contribution is -2.24. The molecule has 0 N–H and O–H groups in total. The predicted molar refractivity (Wildman–Crippen MR) is 131 cm³/mol. The van der Waals surface area contributed by atoms with E-state index in [1.807, 2.05) is 43.3 Å². The van der Waals surface area contributed by atoms with Crippen LogP contribution in [0.3, 0.4) is 0 Å². The normalized spacial score (nSPS) is 15.0. The number of nitrogens with zero attached hydrogens (tertiary/aromatic N) is 2. The van der Waals surface area contributed by atoms with E-state index < -0.39 is 5.97 Å². The molecule has 2 heterocycles. The number of hydrogen-bond donors (Lipinski definition) is 0. The van der Waals surface area contributed by atoms with E-state index in [0.717, 1.165) is 22.6 Å². The van der Waals surface area contributed by atoms with Crippen molar-refractivity contribution in [3.8, 4) is 5.69 Å². The van der Waals surface area contributed by atoms with Gasteiger partial charge in [0.15, 0.2) is 0 Å². The SMILES string of the molecule is COC(=O)C1=C(C)N(c2ccccc2)C(=O)/C1=C\c1cc(C)n(-c2c(C)cccc2C)c1C. The molecule has 5 nitrogen and oxygen atoms in total. The Hall–Kier alpha value is -3.86. The summed E-state index contributed by atoms with van der Waals surface area (Å²) in [4.78, 5) is 27.8. The number of carbonyl (C=O) groups excluding carboxylic acids is 2. The van der Waals surface area contributed by atoms with Crippen molar-refractivity contribution >= 4 is 23.6 Å². The Morgan fingerprint density at radius 2 is 1.55 bits per heavy atom. The van der Waals surface area contributed by atoms with E-state index >= 15 is 0 Å². The van der Waals surface area contributed by atoms with Crippen molar-refractivity contribution in [2.24, 2.45) is 0 Å². The van der Waals surface area contributed by atoms with Gasteiger partial charge in [-0.3, -0.25) is 9.69 Å². The van der Waals surface area contributed by atoms with Crippen molar-refractivity contribution in [3.63, 3.8) is 0 Å². The van der Waals surface area contributed by atoms with Gasteiger partial charge in [-0.15, -0.1) is 0 Å². The molecule has 33 heavy (non-hydrogen) atoms. The number of amides is 1. The summed E-state index contributed by atoms with van der Waals surface area (Å²) in [6.07, 6.45) is 1.81. The summed E-state index contributed by atoms with van der Waals surface area (Å²) in [6, 6.07) is 17.6. The largest absolute Gasteiger partial charge is 0.465 e. The van der Waals surface area contributed by atoms with Crippen LogP contribution in [0.2, 0.25) is 0 Å². The summed E-state index contributed by atoms with van der Waals surface area (Å²) in [5.41, 5.74) is 8.35. The van der Waals surface area contributed by atoms with Crippen molar-refractivity contribution in [1.82, 2.24) is 4.57 Å². The van der Waals surface area contributed by atoms with Gasteiger partial charge in [-0.2, -0.15) is 0 Å². The molecule has 0 fully saturated rings. The van der Waals surface area contributed by atoms with Crippen molar-refractivity contribution in [3.05, 3.63) is 99.5 Å². The first-order chi connectivity index (χ1) is 15.8. The summed E-state index contributed by atoms with van der Waals surface area (Å²) in [6.45, 7) is 10.1. The van der Waals surface area contributed by atoms with Crippen LogP contribution in [0.1, 0.15) is 35.0 Å². The fraction of sp³-hybridized carbons (Fsp3) is 0.214. The van der Waals surface area contributed by atoms with Crippen molar-refractivity contribution in [2.75, 3.05) is 12.0 Å². The van der Waals surface area contributed by atoms with Gasteiger partial charge in [-0.05, 0) is 75.6 Å². The maximum Gasteiger partial charge on any atom is 0.340 e. The molecule has 0 radical (unpaired) electrons. The smallest absolute Gasteiger partial charge is 0.340 e. The fourth-order valence-corrected chi connectivity index (χ4v) is 4.66. The van der Waals surface area contributed by atoms with E-state index in [-0.39, 0.29) is 5.91 Å². The molecule has 0 atom stereocenters. The molecule has 0 aliphatic carbocycles. The molecule has 0 unspecified atom stereocenters. The standard InChI is InChI=1S/C28H28N2O3/c1-17-11-10-12-18(2)26(17)29-19(3)15-22(20(29)4)16-24-25(28(32)33-6)21(5)30(27(24)31)23-13-8-7-9-14-23/h7-16H,1-6H3/b24-16-. The number of hydrogen-bond acceptors (Lipinski definition) is 3. The molecule has 0 spiro atoms. The Bertz CT molecular complexity index is 1310. The number of esters is 1. The minimum atomic E-state index is -0.519. The first kappa shape index (κ1) is 22.3. The van der Waals surface area contributed by atoms with Crippen molar-refractivity contribution < 1.29 is 14.3 Å². The fourth-order valence-electron chi connectivity index (χ4n) is 4.66. The topological polar surface area (TPSA) is 51.5 Å². The number of anilines is 1. The average molecular weight is 441 g/mol. The van der Waals surface area contributed by atoms with Crippen molar-refractivity contribution in [2.45, 2.75) is 34.6 Å². The Morgan fingerprint density at radius 3 is 2.15 bits per heavy atom. The third kappa shape index (κ3) is 3.69. The second-order valence-corrected chi connectivity index (χ2v) is 8.39. The van der Waals surface area contributed by atoms with Gasteiger partial charge in [-0.1, -0.05) is 36.4 Å². The third-order valence-corrected chi connectivity index (χ3v) is 6.24. The van der Waals surface area contributed by atoms with Crippen LogP contribution in [0.5, 0.6) is 0 Å². The molecule has 1 aliphatic rings. The van der Waals surface area contributed by atoms with Crippen molar-refractivity contribution in [1.29, 1.82) is 0 Å². The number of ether oxygens (including phenoxy) is 1. The minimum absolute atomic E-state index is 0.240. The lowest BCUT2D eigenvalue weighted by molar-refractivity contribution is -0.136. The monoisotopic (exact) mass is 440 g/mol. The molecule has 0 saturated carbocycles. The average Bonchev–Trinajstić information content (AvgIpc) is 3.20. The summed E-state index contributed by atoms with van der Waals surface area (Å²) >= 11 is 0. The zero-order valence-electron chi connectivity index (χ0n) is 19.9. The molecule has 1 aromatic heterocycles. The maximum atomic E-state index is 13.5. The Kier molecular flexibility index (Phi) is 5.81. The lowest BCUT2D eigenvalue weighted by Gasteiger charge is -2.17. The number of benzene rings is 2. The van der Waals surface area contributed by atoms with Crippen LogP contribution in [0.4, 0.5) is 5.69 Å². The number of para-hydroxylation sites is 2. The second kappa shape index (κ2) is 8.58. The molecule has 0 bridgehead atoms.